The highest BCUT2D eigenvalue weighted by molar-refractivity contribution is 7.32. The zero-order chi connectivity index (χ0) is 22.5. The maximum absolute atomic E-state index is 14.3. The van der Waals surface area contributed by atoms with E-state index in [1.54, 1.807) is 13.2 Å². The minimum Gasteiger partial charge on any atom is -0.497 e. The minimum atomic E-state index is -2.58. The predicted molar refractivity (Wildman–Crippen MR) is 121 cm³/mol. The number of benzene rings is 2. The van der Waals surface area contributed by atoms with Gasteiger partial charge in [0.25, 0.3) is 0 Å². The second-order valence-corrected chi connectivity index (χ2v) is 9.70. The van der Waals surface area contributed by atoms with Gasteiger partial charge in [0.15, 0.2) is 0 Å². The third kappa shape index (κ3) is 6.06. The molecule has 7 heteroatoms. The standard InChI is InChI=1S/C25H30FO5P/c1-29-21-11-12-25(26)23(14-21)18-7-5-17(6-8-18)15-30-22-4-2-3-20(13-22)24(19-9-10-19)16-31-32(27)28/h2-4,11-14,17-19,24H,5-10,15-16H2,1H3/p+1. The second kappa shape index (κ2) is 10.7. The summed E-state index contributed by atoms with van der Waals surface area (Å²) in [6.07, 6.45) is 6.14. The van der Waals surface area contributed by atoms with Crippen LogP contribution in [0.25, 0.3) is 0 Å². The van der Waals surface area contributed by atoms with Gasteiger partial charge in [0, 0.05) is 10.5 Å². The lowest BCUT2D eigenvalue weighted by atomic mass is 9.79. The summed E-state index contributed by atoms with van der Waals surface area (Å²) in [5.74, 6) is 2.68. The maximum Gasteiger partial charge on any atom is 0.694 e. The van der Waals surface area contributed by atoms with Crippen molar-refractivity contribution < 1.29 is 27.8 Å². The van der Waals surface area contributed by atoms with Gasteiger partial charge in [-0.2, -0.15) is 0 Å². The lowest BCUT2D eigenvalue weighted by Gasteiger charge is -2.29. The number of hydrogen-bond acceptors (Lipinski definition) is 4. The molecule has 0 aliphatic heterocycles. The first-order valence-electron chi connectivity index (χ1n) is 11.4. The average molecular weight is 461 g/mol. The van der Waals surface area contributed by atoms with Crippen molar-refractivity contribution in [3.05, 3.63) is 59.4 Å². The van der Waals surface area contributed by atoms with E-state index >= 15 is 0 Å². The molecule has 2 aromatic carbocycles. The molecule has 32 heavy (non-hydrogen) atoms. The molecule has 2 aliphatic carbocycles. The first-order chi connectivity index (χ1) is 15.5. The molecule has 2 aromatic rings. The van der Waals surface area contributed by atoms with Gasteiger partial charge >= 0.3 is 8.25 Å². The van der Waals surface area contributed by atoms with E-state index in [9.17, 15) is 8.96 Å². The van der Waals surface area contributed by atoms with E-state index < -0.39 is 8.25 Å². The molecule has 2 aliphatic rings. The third-order valence-electron chi connectivity index (χ3n) is 6.82. The summed E-state index contributed by atoms with van der Waals surface area (Å²) in [5, 5.41) is 0. The van der Waals surface area contributed by atoms with Crippen LogP contribution in [0.15, 0.2) is 42.5 Å². The van der Waals surface area contributed by atoms with Crippen LogP contribution in [0.4, 0.5) is 4.39 Å². The van der Waals surface area contributed by atoms with Crippen molar-refractivity contribution in [3.63, 3.8) is 0 Å². The molecule has 2 saturated carbocycles. The van der Waals surface area contributed by atoms with E-state index in [1.165, 1.54) is 6.07 Å². The second-order valence-electron chi connectivity index (χ2n) is 8.97. The number of rotatable bonds is 10. The Morgan fingerprint density at radius 2 is 1.84 bits per heavy atom. The van der Waals surface area contributed by atoms with Crippen LogP contribution in [0.2, 0.25) is 0 Å². The molecule has 0 heterocycles. The van der Waals surface area contributed by atoms with Gasteiger partial charge in [0.2, 0.25) is 0 Å². The number of halogens is 1. The van der Waals surface area contributed by atoms with Gasteiger partial charge in [-0.25, -0.2) is 4.39 Å². The van der Waals surface area contributed by atoms with Crippen LogP contribution in [0.5, 0.6) is 11.5 Å². The van der Waals surface area contributed by atoms with Gasteiger partial charge in [-0.3, -0.25) is 0 Å². The Labute approximate surface area is 189 Å². The topological polar surface area (TPSA) is 65.0 Å². The monoisotopic (exact) mass is 461 g/mol. The highest BCUT2D eigenvalue weighted by atomic mass is 31.1. The summed E-state index contributed by atoms with van der Waals surface area (Å²) < 4.78 is 41.7. The quantitative estimate of drug-likeness (QED) is 0.418. The fraction of sp³-hybridized carbons (Fsp3) is 0.520. The largest absolute Gasteiger partial charge is 0.694 e. The first kappa shape index (κ1) is 23.2. The van der Waals surface area contributed by atoms with Gasteiger partial charge < -0.3 is 9.47 Å². The van der Waals surface area contributed by atoms with Gasteiger partial charge in [-0.15, -0.1) is 9.42 Å². The smallest absolute Gasteiger partial charge is 0.497 e. The van der Waals surface area contributed by atoms with Crippen LogP contribution >= 0.6 is 8.25 Å². The molecule has 0 saturated heterocycles. The Kier molecular flexibility index (Phi) is 7.77. The number of hydrogen-bond donors (Lipinski definition) is 1. The summed E-state index contributed by atoms with van der Waals surface area (Å²) >= 11 is 0. The van der Waals surface area contributed by atoms with Crippen LogP contribution in [-0.4, -0.2) is 25.2 Å². The molecule has 0 aromatic heterocycles. The van der Waals surface area contributed by atoms with E-state index in [-0.39, 0.29) is 24.3 Å². The third-order valence-corrected chi connectivity index (χ3v) is 7.19. The summed E-state index contributed by atoms with van der Waals surface area (Å²) in [4.78, 5) is 9.00. The van der Waals surface area contributed by atoms with Crippen molar-refractivity contribution in [3.8, 4) is 11.5 Å². The predicted octanol–water partition coefficient (Wildman–Crippen LogP) is 6.35. The summed E-state index contributed by atoms with van der Waals surface area (Å²) in [7, 11) is -0.976. The van der Waals surface area contributed by atoms with Gasteiger partial charge in [-0.1, -0.05) is 12.1 Å². The SMILES string of the molecule is COc1ccc(F)c(C2CCC(COc3cccc(C(CO[P+](=O)O)C4CC4)c3)CC2)c1. The summed E-state index contributed by atoms with van der Waals surface area (Å²) in [6.45, 7) is 0.897. The molecule has 5 nitrogen and oxygen atoms in total. The zero-order valence-electron chi connectivity index (χ0n) is 18.4. The molecule has 0 bridgehead atoms. The molecular weight excluding hydrogens is 430 g/mol. The van der Waals surface area contributed by atoms with Crippen molar-refractivity contribution >= 4 is 8.25 Å². The Bertz CT molecular complexity index is 924. The zero-order valence-corrected chi connectivity index (χ0v) is 19.3. The lowest BCUT2D eigenvalue weighted by Crippen LogP contribution is -2.20. The molecule has 1 N–H and O–H groups in total. The van der Waals surface area contributed by atoms with E-state index in [2.05, 4.69) is 0 Å². The summed E-state index contributed by atoms with van der Waals surface area (Å²) in [5.41, 5.74) is 1.86. The van der Waals surface area contributed by atoms with Crippen LogP contribution in [0.1, 0.15) is 61.5 Å². The molecule has 0 amide bonds. The van der Waals surface area contributed by atoms with Crippen molar-refractivity contribution in [2.75, 3.05) is 20.3 Å². The fourth-order valence-electron chi connectivity index (χ4n) is 4.80. The van der Waals surface area contributed by atoms with Crippen molar-refractivity contribution in [1.82, 2.24) is 0 Å². The molecule has 2 unspecified atom stereocenters. The van der Waals surface area contributed by atoms with Crippen LogP contribution in [0, 0.1) is 17.7 Å². The molecular formula is C25H31FO5P+. The molecule has 0 spiro atoms. The van der Waals surface area contributed by atoms with Gasteiger partial charge in [-0.05, 0) is 97.7 Å². The summed E-state index contributed by atoms with van der Waals surface area (Å²) in [6, 6.07) is 13.0. The first-order valence-corrected chi connectivity index (χ1v) is 12.5. The van der Waals surface area contributed by atoms with Crippen LogP contribution in [-0.2, 0) is 9.09 Å². The van der Waals surface area contributed by atoms with Gasteiger partial charge in [0.1, 0.15) is 23.9 Å². The minimum absolute atomic E-state index is 0.123. The average Bonchev–Trinajstić information content (AvgIpc) is 3.64. The van der Waals surface area contributed by atoms with Crippen molar-refractivity contribution in [2.24, 2.45) is 11.8 Å². The molecule has 172 valence electrons. The van der Waals surface area contributed by atoms with Crippen molar-refractivity contribution in [1.29, 1.82) is 0 Å². The lowest BCUT2D eigenvalue weighted by molar-refractivity contribution is 0.198. The number of ether oxygens (including phenoxy) is 2. The van der Waals surface area contributed by atoms with Crippen LogP contribution in [0.3, 0.4) is 0 Å². The van der Waals surface area contributed by atoms with E-state index in [1.807, 2.05) is 30.3 Å². The molecule has 2 fully saturated rings. The Hall–Kier alpha value is -2.01. The van der Waals surface area contributed by atoms with E-state index in [0.29, 0.717) is 24.2 Å². The molecule has 2 atom stereocenters. The van der Waals surface area contributed by atoms with E-state index in [4.69, 9.17) is 18.9 Å². The van der Waals surface area contributed by atoms with Crippen LogP contribution < -0.4 is 9.47 Å². The molecule has 4 rings (SSSR count). The Morgan fingerprint density at radius 1 is 1.06 bits per heavy atom. The van der Waals surface area contributed by atoms with Gasteiger partial charge in [0.05, 0.1) is 13.7 Å². The maximum atomic E-state index is 14.3. The number of methoxy groups -OCH3 is 1. The highest BCUT2D eigenvalue weighted by Gasteiger charge is 2.35. The Balaban J connectivity index is 1.30. The Morgan fingerprint density at radius 3 is 2.53 bits per heavy atom. The highest BCUT2D eigenvalue weighted by Crippen LogP contribution is 2.44. The normalized spacial score (nSPS) is 22.3. The fourth-order valence-corrected chi connectivity index (χ4v) is 5.09. The molecule has 0 radical (unpaired) electrons. The van der Waals surface area contributed by atoms with Crippen molar-refractivity contribution in [2.45, 2.75) is 50.4 Å². The van der Waals surface area contributed by atoms with E-state index in [0.717, 1.165) is 55.4 Å².